The molecule has 0 amide bonds. The molecular weight excluding hydrogens is 176 g/mol. The van der Waals surface area contributed by atoms with Crippen molar-refractivity contribution in [1.29, 1.82) is 0 Å². The summed E-state index contributed by atoms with van der Waals surface area (Å²) in [5, 5.41) is 0. The molecule has 0 radical (unpaired) electrons. The van der Waals surface area contributed by atoms with Crippen LogP contribution in [0.5, 0.6) is 0 Å². The molecule has 1 aromatic heterocycles. The molecule has 0 unspecified atom stereocenters. The Bertz CT molecular complexity index is 237. The molecule has 4 heteroatoms. The Morgan fingerprint density at radius 3 is 2.86 bits per heavy atom. The molecule has 0 saturated carbocycles. The van der Waals surface area contributed by atoms with Gasteiger partial charge >= 0.3 is 0 Å². The van der Waals surface area contributed by atoms with Crippen LogP contribution >= 0.6 is 0 Å². The summed E-state index contributed by atoms with van der Waals surface area (Å²) in [7, 11) is 0. The minimum absolute atomic E-state index is 0.727. The van der Waals surface area contributed by atoms with Crippen molar-refractivity contribution in [3.05, 3.63) is 18.6 Å². The number of nitrogens with zero attached hydrogens (tertiary/aromatic N) is 3. The average Bonchev–Trinajstić information content (AvgIpc) is 2.25. The van der Waals surface area contributed by atoms with Crippen LogP contribution in [0.4, 0.5) is 5.82 Å². The van der Waals surface area contributed by atoms with Crippen molar-refractivity contribution in [2.24, 2.45) is 5.73 Å². The minimum Gasteiger partial charge on any atom is -0.356 e. The highest BCUT2D eigenvalue weighted by molar-refractivity contribution is 5.35. The Hall–Kier alpha value is -1.16. The van der Waals surface area contributed by atoms with Crippen molar-refractivity contribution < 1.29 is 0 Å². The fourth-order valence-corrected chi connectivity index (χ4v) is 1.36. The van der Waals surface area contributed by atoms with E-state index in [1.807, 2.05) is 6.07 Å². The van der Waals surface area contributed by atoms with Crippen LogP contribution in [-0.4, -0.2) is 29.6 Å². The molecule has 0 spiro atoms. The summed E-state index contributed by atoms with van der Waals surface area (Å²) < 4.78 is 0. The van der Waals surface area contributed by atoms with E-state index in [1.165, 1.54) is 0 Å². The van der Waals surface area contributed by atoms with E-state index < -0.39 is 0 Å². The highest BCUT2D eigenvalue weighted by Gasteiger charge is 2.04. The number of aromatic nitrogens is 2. The zero-order valence-corrected chi connectivity index (χ0v) is 8.69. The fraction of sp³-hybridized carbons (Fsp3) is 0.600. The van der Waals surface area contributed by atoms with Crippen LogP contribution in [0, 0.1) is 0 Å². The van der Waals surface area contributed by atoms with Crippen LogP contribution in [0.3, 0.4) is 0 Å². The molecule has 1 rings (SSSR count). The van der Waals surface area contributed by atoms with E-state index in [2.05, 4.69) is 21.8 Å². The van der Waals surface area contributed by atoms with Crippen LogP contribution in [0.15, 0.2) is 18.6 Å². The lowest BCUT2D eigenvalue weighted by Crippen LogP contribution is -2.27. The maximum absolute atomic E-state index is 5.49. The first-order valence-corrected chi connectivity index (χ1v) is 5.09. The molecule has 4 nitrogen and oxygen atoms in total. The Labute approximate surface area is 85.2 Å². The van der Waals surface area contributed by atoms with Crippen LogP contribution < -0.4 is 10.6 Å². The summed E-state index contributed by atoms with van der Waals surface area (Å²) in [6.45, 7) is 4.89. The fourth-order valence-electron chi connectivity index (χ4n) is 1.36. The van der Waals surface area contributed by atoms with Gasteiger partial charge < -0.3 is 10.6 Å². The van der Waals surface area contributed by atoms with Gasteiger partial charge in [0.2, 0.25) is 0 Å². The van der Waals surface area contributed by atoms with Crippen molar-refractivity contribution in [1.82, 2.24) is 9.97 Å². The third-order valence-corrected chi connectivity index (χ3v) is 2.02. The molecule has 2 N–H and O–H groups in total. The predicted octanol–water partition coefficient (Wildman–Crippen LogP) is 1.04. The Morgan fingerprint density at radius 1 is 1.43 bits per heavy atom. The molecule has 0 saturated heterocycles. The SMILES string of the molecule is CCCN(CCCN)c1ccncn1. The molecule has 0 fully saturated rings. The molecular formula is C10H18N4. The highest BCUT2D eigenvalue weighted by atomic mass is 15.2. The van der Waals surface area contributed by atoms with E-state index >= 15 is 0 Å². The van der Waals surface area contributed by atoms with Crippen LogP contribution in [0.25, 0.3) is 0 Å². The third-order valence-electron chi connectivity index (χ3n) is 2.02. The zero-order valence-electron chi connectivity index (χ0n) is 8.69. The van der Waals surface area contributed by atoms with Crippen LogP contribution in [-0.2, 0) is 0 Å². The molecule has 14 heavy (non-hydrogen) atoms. The highest BCUT2D eigenvalue weighted by Crippen LogP contribution is 2.08. The maximum Gasteiger partial charge on any atom is 0.131 e. The quantitative estimate of drug-likeness (QED) is 0.735. The van der Waals surface area contributed by atoms with Gasteiger partial charge in [0.1, 0.15) is 12.1 Å². The average molecular weight is 194 g/mol. The van der Waals surface area contributed by atoms with Gasteiger partial charge in [-0.2, -0.15) is 0 Å². The molecule has 78 valence electrons. The molecule has 0 atom stereocenters. The summed E-state index contributed by atoms with van der Waals surface area (Å²) in [4.78, 5) is 10.4. The van der Waals surface area contributed by atoms with Crippen molar-refractivity contribution in [3.63, 3.8) is 0 Å². The van der Waals surface area contributed by atoms with Gasteiger partial charge in [-0.15, -0.1) is 0 Å². The standard InChI is InChI=1S/C10H18N4/c1-2-7-14(8-3-5-11)10-4-6-12-9-13-10/h4,6,9H,2-3,5,7-8,11H2,1H3. The molecule has 0 bridgehead atoms. The Balaban J connectivity index is 2.58. The van der Waals surface area contributed by atoms with E-state index in [0.717, 1.165) is 38.3 Å². The Morgan fingerprint density at radius 2 is 2.29 bits per heavy atom. The number of rotatable bonds is 6. The van der Waals surface area contributed by atoms with Crippen molar-refractivity contribution in [2.45, 2.75) is 19.8 Å². The second-order valence-corrected chi connectivity index (χ2v) is 3.20. The van der Waals surface area contributed by atoms with E-state index in [0.29, 0.717) is 0 Å². The van der Waals surface area contributed by atoms with Gasteiger partial charge in [0, 0.05) is 19.3 Å². The summed E-state index contributed by atoms with van der Waals surface area (Å²) in [6, 6.07) is 1.94. The van der Waals surface area contributed by atoms with Gasteiger partial charge in [-0.1, -0.05) is 6.92 Å². The largest absolute Gasteiger partial charge is 0.356 e. The molecule has 1 aromatic rings. The van der Waals surface area contributed by atoms with Gasteiger partial charge in [0.05, 0.1) is 0 Å². The first-order chi connectivity index (χ1) is 6.88. The lowest BCUT2D eigenvalue weighted by Gasteiger charge is -2.22. The lowest BCUT2D eigenvalue weighted by molar-refractivity contribution is 0.710. The normalized spacial score (nSPS) is 10.1. The summed E-state index contributed by atoms with van der Waals surface area (Å²) >= 11 is 0. The number of hydrogen-bond acceptors (Lipinski definition) is 4. The summed E-state index contributed by atoms with van der Waals surface area (Å²) in [5.74, 6) is 0.996. The molecule has 0 aliphatic carbocycles. The van der Waals surface area contributed by atoms with Gasteiger partial charge in [0.25, 0.3) is 0 Å². The smallest absolute Gasteiger partial charge is 0.131 e. The minimum atomic E-state index is 0.727. The summed E-state index contributed by atoms with van der Waals surface area (Å²) in [6.07, 6.45) is 5.48. The monoisotopic (exact) mass is 194 g/mol. The Kier molecular flexibility index (Phi) is 4.93. The second-order valence-electron chi connectivity index (χ2n) is 3.20. The number of anilines is 1. The van der Waals surface area contributed by atoms with Gasteiger partial charge in [-0.05, 0) is 25.5 Å². The topological polar surface area (TPSA) is 55.0 Å². The van der Waals surface area contributed by atoms with Crippen LogP contribution in [0.1, 0.15) is 19.8 Å². The van der Waals surface area contributed by atoms with Gasteiger partial charge in [-0.3, -0.25) is 0 Å². The second kappa shape index (κ2) is 6.32. The number of hydrogen-bond donors (Lipinski definition) is 1. The maximum atomic E-state index is 5.49. The first kappa shape index (κ1) is 10.9. The van der Waals surface area contributed by atoms with Crippen molar-refractivity contribution >= 4 is 5.82 Å². The predicted molar refractivity (Wildman–Crippen MR) is 58.2 cm³/mol. The van der Waals surface area contributed by atoms with Crippen molar-refractivity contribution in [3.8, 4) is 0 Å². The van der Waals surface area contributed by atoms with E-state index in [1.54, 1.807) is 12.5 Å². The van der Waals surface area contributed by atoms with Crippen LogP contribution in [0.2, 0.25) is 0 Å². The van der Waals surface area contributed by atoms with Gasteiger partial charge in [-0.25, -0.2) is 9.97 Å². The molecule has 0 aromatic carbocycles. The first-order valence-electron chi connectivity index (χ1n) is 5.09. The zero-order chi connectivity index (χ0) is 10.2. The van der Waals surface area contributed by atoms with Crippen molar-refractivity contribution in [2.75, 3.05) is 24.5 Å². The third kappa shape index (κ3) is 3.30. The van der Waals surface area contributed by atoms with E-state index in [4.69, 9.17) is 5.73 Å². The summed E-state index contributed by atoms with van der Waals surface area (Å²) in [5.41, 5.74) is 5.49. The van der Waals surface area contributed by atoms with E-state index in [-0.39, 0.29) is 0 Å². The molecule has 1 heterocycles. The number of nitrogens with two attached hydrogens (primary N) is 1. The van der Waals surface area contributed by atoms with E-state index in [9.17, 15) is 0 Å². The molecule has 0 aliphatic rings. The molecule has 0 aliphatic heterocycles. The lowest BCUT2D eigenvalue weighted by atomic mass is 10.3. The van der Waals surface area contributed by atoms with Gasteiger partial charge in [0.15, 0.2) is 0 Å².